The van der Waals surface area contributed by atoms with E-state index in [4.69, 9.17) is 14.2 Å². The Balaban J connectivity index is 2.43. The van der Waals surface area contributed by atoms with Gasteiger partial charge in [-0.25, -0.2) is 0 Å². The first-order valence-electron chi connectivity index (χ1n) is 8.16. The fourth-order valence-electron chi connectivity index (χ4n) is 2.81. The van der Waals surface area contributed by atoms with Crippen molar-refractivity contribution >= 4 is 11.7 Å². The molecule has 0 aromatic heterocycles. The molecule has 1 unspecified atom stereocenters. The van der Waals surface area contributed by atoms with Gasteiger partial charge in [-0.2, -0.15) is 0 Å². The third kappa shape index (κ3) is 4.33. The Morgan fingerprint density at radius 2 is 1.58 bits per heavy atom. The first-order valence-corrected chi connectivity index (χ1v) is 8.16. The zero-order valence-corrected chi connectivity index (χ0v) is 15.4. The molecular formula is C20H23NO5. The van der Waals surface area contributed by atoms with E-state index in [-0.39, 0.29) is 18.1 Å². The molecule has 0 aliphatic rings. The zero-order chi connectivity index (χ0) is 19.1. The number of hydrogen-bond acceptors (Lipinski definition) is 5. The molecule has 2 aromatic rings. The normalized spacial score (nSPS) is 11.4. The van der Waals surface area contributed by atoms with Crippen molar-refractivity contribution in [1.82, 2.24) is 5.32 Å². The van der Waals surface area contributed by atoms with E-state index in [1.807, 2.05) is 6.07 Å². The molecule has 0 aliphatic heterocycles. The molecule has 0 heterocycles. The van der Waals surface area contributed by atoms with Crippen LogP contribution in [0.3, 0.4) is 0 Å². The van der Waals surface area contributed by atoms with Crippen molar-refractivity contribution in [3.8, 4) is 17.2 Å². The summed E-state index contributed by atoms with van der Waals surface area (Å²) in [7, 11) is 4.54. The lowest BCUT2D eigenvalue weighted by atomic mass is 9.96. The molecule has 0 aliphatic carbocycles. The number of ether oxygens (including phenoxy) is 3. The molecule has 6 nitrogen and oxygen atoms in total. The van der Waals surface area contributed by atoms with Gasteiger partial charge in [-0.05, 0) is 12.1 Å². The van der Waals surface area contributed by atoms with Crippen molar-refractivity contribution in [1.29, 1.82) is 0 Å². The SMILES string of the molecule is COc1ccc(C(CC(=O)c2ccccc2)NC(C)=O)c(OC)c1OC. The van der Waals surface area contributed by atoms with Gasteiger partial charge < -0.3 is 19.5 Å². The molecule has 1 amide bonds. The monoisotopic (exact) mass is 357 g/mol. The summed E-state index contributed by atoms with van der Waals surface area (Å²) in [6, 6.07) is 11.9. The van der Waals surface area contributed by atoms with Crippen LogP contribution in [0.25, 0.3) is 0 Å². The van der Waals surface area contributed by atoms with Crippen LogP contribution < -0.4 is 19.5 Å². The van der Waals surface area contributed by atoms with E-state index in [2.05, 4.69) is 5.32 Å². The van der Waals surface area contributed by atoms with E-state index in [1.54, 1.807) is 36.4 Å². The molecule has 0 saturated carbocycles. The number of benzene rings is 2. The van der Waals surface area contributed by atoms with Crippen LogP contribution in [0.4, 0.5) is 0 Å². The highest BCUT2D eigenvalue weighted by molar-refractivity contribution is 5.96. The molecule has 0 bridgehead atoms. The Labute approximate surface area is 153 Å². The second kappa shape index (κ2) is 8.89. The maximum Gasteiger partial charge on any atom is 0.217 e. The van der Waals surface area contributed by atoms with E-state index >= 15 is 0 Å². The van der Waals surface area contributed by atoms with Crippen LogP contribution in [0.15, 0.2) is 42.5 Å². The van der Waals surface area contributed by atoms with Crippen molar-refractivity contribution in [2.45, 2.75) is 19.4 Å². The molecule has 0 saturated heterocycles. The van der Waals surface area contributed by atoms with Gasteiger partial charge >= 0.3 is 0 Å². The molecule has 6 heteroatoms. The van der Waals surface area contributed by atoms with Crippen LogP contribution in [0.2, 0.25) is 0 Å². The van der Waals surface area contributed by atoms with Gasteiger partial charge in [0.2, 0.25) is 11.7 Å². The molecule has 1 N–H and O–H groups in total. The highest BCUT2D eigenvalue weighted by Crippen LogP contribution is 2.42. The molecule has 2 aromatic carbocycles. The van der Waals surface area contributed by atoms with Crippen molar-refractivity contribution in [2.75, 3.05) is 21.3 Å². The summed E-state index contributed by atoms with van der Waals surface area (Å²) in [5.41, 5.74) is 1.23. The van der Waals surface area contributed by atoms with Crippen LogP contribution >= 0.6 is 0 Å². The highest BCUT2D eigenvalue weighted by atomic mass is 16.5. The number of carbonyl (C=O) groups is 2. The Bertz CT molecular complexity index is 773. The largest absolute Gasteiger partial charge is 0.493 e. The van der Waals surface area contributed by atoms with Crippen LogP contribution in [0.1, 0.15) is 35.3 Å². The van der Waals surface area contributed by atoms with Gasteiger partial charge in [-0.1, -0.05) is 30.3 Å². The molecular weight excluding hydrogens is 334 g/mol. The second-order valence-corrected chi connectivity index (χ2v) is 5.67. The van der Waals surface area contributed by atoms with Crippen molar-refractivity contribution in [3.63, 3.8) is 0 Å². The van der Waals surface area contributed by atoms with E-state index in [0.29, 0.717) is 28.4 Å². The van der Waals surface area contributed by atoms with Crippen molar-refractivity contribution < 1.29 is 23.8 Å². The number of carbonyl (C=O) groups excluding carboxylic acids is 2. The van der Waals surface area contributed by atoms with Gasteiger partial charge in [0.05, 0.1) is 27.4 Å². The average Bonchev–Trinajstić information content (AvgIpc) is 2.66. The summed E-state index contributed by atoms with van der Waals surface area (Å²) in [5, 5.41) is 2.82. The Kier molecular flexibility index (Phi) is 6.60. The molecule has 138 valence electrons. The summed E-state index contributed by atoms with van der Waals surface area (Å²) in [5.74, 6) is 1.01. The summed E-state index contributed by atoms with van der Waals surface area (Å²) in [6.45, 7) is 1.41. The topological polar surface area (TPSA) is 73.9 Å². The minimum absolute atomic E-state index is 0.0822. The van der Waals surface area contributed by atoms with E-state index in [9.17, 15) is 9.59 Å². The number of rotatable bonds is 8. The quantitative estimate of drug-likeness (QED) is 0.735. The highest BCUT2D eigenvalue weighted by Gasteiger charge is 2.25. The third-order valence-corrected chi connectivity index (χ3v) is 3.97. The number of amides is 1. The van der Waals surface area contributed by atoms with Crippen molar-refractivity contribution in [3.05, 3.63) is 53.6 Å². The lowest BCUT2D eigenvalue weighted by molar-refractivity contribution is -0.119. The van der Waals surface area contributed by atoms with Gasteiger partial charge in [0.15, 0.2) is 17.3 Å². The van der Waals surface area contributed by atoms with Crippen LogP contribution in [-0.4, -0.2) is 33.0 Å². The predicted molar refractivity (Wildman–Crippen MR) is 98.0 cm³/mol. The molecule has 0 radical (unpaired) electrons. The number of ketones is 1. The maximum atomic E-state index is 12.6. The smallest absolute Gasteiger partial charge is 0.217 e. The fourth-order valence-corrected chi connectivity index (χ4v) is 2.81. The van der Waals surface area contributed by atoms with E-state index in [1.165, 1.54) is 28.3 Å². The van der Waals surface area contributed by atoms with E-state index in [0.717, 1.165) is 0 Å². The van der Waals surface area contributed by atoms with Crippen LogP contribution in [-0.2, 0) is 4.79 Å². The van der Waals surface area contributed by atoms with Gasteiger partial charge in [-0.3, -0.25) is 9.59 Å². The third-order valence-electron chi connectivity index (χ3n) is 3.97. The number of methoxy groups -OCH3 is 3. The van der Waals surface area contributed by atoms with Gasteiger partial charge in [0.1, 0.15) is 0 Å². The van der Waals surface area contributed by atoms with Crippen LogP contribution in [0.5, 0.6) is 17.2 Å². The molecule has 2 rings (SSSR count). The number of nitrogens with one attached hydrogen (secondary N) is 1. The van der Waals surface area contributed by atoms with Gasteiger partial charge in [0, 0.05) is 24.5 Å². The summed E-state index contributed by atoms with van der Waals surface area (Å²) in [6.07, 6.45) is 0.0927. The fraction of sp³-hybridized carbons (Fsp3) is 0.300. The van der Waals surface area contributed by atoms with Crippen molar-refractivity contribution in [2.24, 2.45) is 0 Å². The zero-order valence-electron chi connectivity index (χ0n) is 15.4. The minimum Gasteiger partial charge on any atom is -0.493 e. The summed E-state index contributed by atoms with van der Waals surface area (Å²) >= 11 is 0. The Hall–Kier alpha value is -3.02. The second-order valence-electron chi connectivity index (χ2n) is 5.67. The first-order chi connectivity index (χ1) is 12.5. The van der Waals surface area contributed by atoms with E-state index < -0.39 is 6.04 Å². The number of Topliss-reactive ketones (excluding diaryl/α,β-unsaturated/α-hetero) is 1. The minimum atomic E-state index is -0.560. The lowest BCUT2D eigenvalue weighted by Crippen LogP contribution is -2.28. The first kappa shape index (κ1) is 19.3. The standard InChI is InChI=1S/C20H23NO5/c1-13(22)21-16(12-17(23)14-8-6-5-7-9-14)15-10-11-18(24-2)20(26-4)19(15)25-3/h5-11,16H,12H2,1-4H3,(H,21,22). The van der Waals surface area contributed by atoms with Gasteiger partial charge in [0.25, 0.3) is 0 Å². The number of hydrogen-bond donors (Lipinski definition) is 1. The molecule has 26 heavy (non-hydrogen) atoms. The Morgan fingerprint density at radius 3 is 2.12 bits per heavy atom. The Morgan fingerprint density at radius 1 is 0.923 bits per heavy atom. The van der Waals surface area contributed by atoms with Gasteiger partial charge in [-0.15, -0.1) is 0 Å². The summed E-state index contributed by atoms with van der Waals surface area (Å²) in [4.78, 5) is 24.3. The lowest BCUT2D eigenvalue weighted by Gasteiger charge is -2.22. The maximum absolute atomic E-state index is 12.6. The molecule has 1 atom stereocenters. The van der Waals surface area contributed by atoms with Crippen LogP contribution in [0, 0.1) is 0 Å². The predicted octanol–water partition coefficient (Wildman–Crippen LogP) is 3.16. The average molecular weight is 357 g/mol. The summed E-state index contributed by atoms with van der Waals surface area (Å²) < 4.78 is 16.2. The molecule has 0 spiro atoms. The molecule has 0 fully saturated rings.